The fraction of sp³-hybridized carbons (Fsp3) is 0.500. The van der Waals surface area contributed by atoms with Crippen molar-refractivity contribution in [3.05, 3.63) is 17.6 Å². The Labute approximate surface area is 83.3 Å². The van der Waals surface area contributed by atoms with Crippen LogP contribution in [-0.4, -0.2) is 22.9 Å². The molecule has 1 heterocycles. The Balaban J connectivity index is 3.06. The summed E-state index contributed by atoms with van der Waals surface area (Å²) in [7, 11) is 0. The molecule has 0 radical (unpaired) electrons. The maximum absolute atomic E-state index is 10.6. The molecule has 0 saturated carbocycles. The number of hydrogen-bond acceptors (Lipinski definition) is 4. The molecule has 76 valence electrons. The lowest BCUT2D eigenvalue weighted by Gasteiger charge is -2.08. The maximum Gasteiger partial charge on any atom is 0.227 e. The van der Waals surface area contributed by atoms with E-state index in [1.807, 2.05) is 20.8 Å². The molecule has 0 amide bonds. The lowest BCUT2D eigenvalue weighted by molar-refractivity contribution is 0.111. The summed E-state index contributed by atoms with van der Waals surface area (Å²) in [6.45, 7) is 6.33. The van der Waals surface area contributed by atoms with Crippen molar-refractivity contribution in [2.45, 2.75) is 26.7 Å². The molecule has 0 N–H and O–H groups in total. The van der Waals surface area contributed by atoms with Crippen LogP contribution in [0.2, 0.25) is 0 Å². The van der Waals surface area contributed by atoms with Crippen LogP contribution in [0.15, 0.2) is 6.20 Å². The number of nitrogens with zero attached hydrogens (tertiary/aromatic N) is 2. The zero-order chi connectivity index (χ0) is 10.6. The lowest BCUT2D eigenvalue weighted by Crippen LogP contribution is -2.04. The predicted molar refractivity (Wildman–Crippen MR) is 52.7 cm³/mol. The Morgan fingerprint density at radius 1 is 1.57 bits per heavy atom. The second kappa shape index (κ2) is 4.69. The summed E-state index contributed by atoms with van der Waals surface area (Å²) in [5.74, 6) is 1.30. The first kappa shape index (κ1) is 10.6. The van der Waals surface area contributed by atoms with Crippen LogP contribution in [0, 0.1) is 0 Å². The third-order valence-electron chi connectivity index (χ3n) is 1.72. The largest absolute Gasteiger partial charge is 0.477 e. The average Bonchev–Trinajstić information content (AvgIpc) is 2.18. The van der Waals surface area contributed by atoms with Crippen LogP contribution in [0.3, 0.4) is 0 Å². The van der Waals surface area contributed by atoms with Crippen molar-refractivity contribution in [3.8, 4) is 5.88 Å². The van der Waals surface area contributed by atoms with Crippen LogP contribution in [0.5, 0.6) is 5.88 Å². The number of carbonyl (C=O) groups is 1. The summed E-state index contributed by atoms with van der Waals surface area (Å²) in [4.78, 5) is 18.9. The normalized spacial score (nSPS) is 10.3. The van der Waals surface area contributed by atoms with Crippen molar-refractivity contribution in [1.82, 2.24) is 9.97 Å². The van der Waals surface area contributed by atoms with Crippen molar-refractivity contribution in [3.63, 3.8) is 0 Å². The van der Waals surface area contributed by atoms with Crippen LogP contribution in [0.25, 0.3) is 0 Å². The van der Waals surface area contributed by atoms with E-state index in [9.17, 15) is 4.79 Å². The Morgan fingerprint density at radius 3 is 2.79 bits per heavy atom. The van der Waals surface area contributed by atoms with Crippen molar-refractivity contribution in [2.24, 2.45) is 0 Å². The van der Waals surface area contributed by atoms with E-state index >= 15 is 0 Å². The molecule has 1 aromatic rings. The van der Waals surface area contributed by atoms with Gasteiger partial charge in [-0.3, -0.25) is 4.79 Å². The van der Waals surface area contributed by atoms with Crippen molar-refractivity contribution in [2.75, 3.05) is 6.61 Å². The molecule has 0 aliphatic carbocycles. The van der Waals surface area contributed by atoms with E-state index in [4.69, 9.17) is 4.74 Å². The van der Waals surface area contributed by atoms with Gasteiger partial charge in [-0.2, -0.15) is 4.98 Å². The minimum atomic E-state index is 0.231. The maximum atomic E-state index is 10.6. The van der Waals surface area contributed by atoms with E-state index in [1.54, 1.807) is 0 Å². The quantitative estimate of drug-likeness (QED) is 0.686. The van der Waals surface area contributed by atoms with Crippen LogP contribution in [0.4, 0.5) is 0 Å². The monoisotopic (exact) mass is 194 g/mol. The Bertz CT molecular complexity index is 324. The molecule has 1 aromatic heterocycles. The molecule has 1 rings (SSSR count). The van der Waals surface area contributed by atoms with Crippen LogP contribution >= 0.6 is 0 Å². The van der Waals surface area contributed by atoms with E-state index in [1.165, 1.54) is 6.20 Å². The highest BCUT2D eigenvalue weighted by molar-refractivity contribution is 5.77. The van der Waals surface area contributed by atoms with E-state index in [-0.39, 0.29) is 5.92 Å². The summed E-state index contributed by atoms with van der Waals surface area (Å²) in [5.41, 5.74) is 0.399. The molecule has 0 aromatic carbocycles. The van der Waals surface area contributed by atoms with Gasteiger partial charge in [-0.25, -0.2) is 4.98 Å². The SMILES string of the molecule is CCOc1nc(C(C)C)ncc1C=O. The highest BCUT2D eigenvalue weighted by Gasteiger charge is 2.09. The van der Waals surface area contributed by atoms with Gasteiger partial charge in [0.15, 0.2) is 6.29 Å². The molecule has 0 spiro atoms. The van der Waals surface area contributed by atoms with Gasteiger partial charge in [0, 0.05) is 12.1 Å². The van der Waals surface area contributed by atoms with Crippen LogP contribution < -0.4 is 4.74 Å². The molecule has 4 nitrogen and oxygen atoms in total. The van der Waals surface area contributed by atoms with E-state index in [2.05, 4.69) is 9.97 Å². The lowest BCUT2D eigenvalue weighted by atomic mass is 10.2. The molecule has 0 atom stereocenters. The molecular weight excluding hydrogens is 180 g/mol. The fourth-order valence-corrected chi connectivity index (χ4v) is 1.000. The Morgan fingerprint density at radius 2 is 2.29 bits per heavy atom. The third-order valence-corrected chi connectivity index (χ3v) is 1.72. The molecule has 0 bridgehead atoms. The van der Waals surface area contributed by atoms with Crippen molar-refractivity contribution in [1.29, 1.82) is 0 Å². The van der Waals surface area contributed by atoms with Gasteiger partial charge in [-0.15, -0.1) is 0 Å². The summed E-state index contributed by atoms with van der Waals surface area (Å²) in [6, 6.07) is 0. The molecule has 0 aliphatic heterocycles. The van der Waals surface area contributed by atoms with Crippen LogP contribution in [0.1, 0.15) is 42.9 Å². The molecule has 0 fully saturated rings. The number of rotatable bonds is 4. The van der Waals surface area contributed by atoms with Gasteiger partial charge in [0.25, 0.3) is 0 Å². The Kier molecular flexibility index (Phi) is 3.56. The summed E-state index contributed by atoms with van der Waals surface area (Å²) < 4.78 is 5.24. The summed E-state index contributed by atoms with van der Waals surface area (Å²) in [6.07, 6.45) is 2.20. The molecule has 0 saturated heterocycles. The number of carbonyl (C=O) groups excluding carboxylic acids is 1. The standard InChI is InChI=1S/C10H14N2O2/c1-4-14-10-8(6-13)5-11-9(12-10)7(2)3/h5-7H,4H2,1-3H3. The molecule has 14 heavy (non-hydrogen) atoms. The first-order valence-electron chi connectivity index (χ1n) is 4.64. The number of aromatic nitrogens is 2. The smallest absolute Gasteiger partial charge is 0.227 e. The van der Waals surface area contributed by atoms with Gasteiger partial charge in [0.2, 0.25) is 5.88 Å². The highest BCUT2D eigenvalue weighted by atomic mass is 16.5. The third kappa shape index (κ3) is 2.28. The van der Waals surface area contributed by atoms with Crippen LogP contribution in [-0.2, 0) is 0 Å². The van der Waals surface area contributed by atoms with Crippen molar-refractivity contribution >= 4 is 6.29 Å². The second-order valence-corrected chi connectivity index (χ2v) is 3.19. The average molecular weight is 194 g/mol. The van der Waals surface area contributed by atoms with E-state index in [0.29, 0.717) is 30.2 Å². The first-order chi connectivity index (χ1) is 6.69. The zero-order valence-corrected chi connectivity index (χ0v) is 8.65. The van der Waals surface area contributed by atoms with Gasteiger partial charge < -0.3 is 4.74 Å². The van der Waals surface area contributed by atoms with Crippen molar-refractivity contribution < 1.29 is 9.53 Å². The van der Waals surface area contributed by atoms with Gasteiger partial charge in [0.1, 0.15) is 5.82 Å². The minimum Gasteiger partial charge on any atom is -0.477 e. The van der Waals surface area contributed by atoms with E-state index < -0.39 is 0 Å². The fourth-order valence-electron chi connectivity index (χ4n) is 1.000. The molecule has 0 aliphatic rings. The van der Waals surface area contributed by atoms with Gasteiger partial charge >= 0.3 is 0 Å². The molecular formula is C10H14N2O2. The summed E-state index contributed by atoms with van der Waals surface area (Å²) >= 11 is 0. The van der Waals surface area contributed by atoms with Gasteiger partial charge in [-0.1, -0.05) is 13.8 Å². The zero-order valence-electron chi connectivity index (χ0n) is 8.65. The highest BCUT2D eigenvalue weighted by Crippen LogP contribution is 2.16. The second-order valence-electron chi connectivity index (χ2n) is 3.19. The first-order valence-corrected chi connectivity index (χ1v) is 4.64. The summed E-state index contributed by atoms with van der Waals surface area (Å²) in [5, 5.41) is 0. The van der Waals surface area contributed by atoms with Gasteiger partial charge in [0.05, 0.1) is 12.2 Å². The molecule has 0 unspecified atom stereocenters. The number of ether oxygens (including phenoxy) is 1. The number of hydrogen-bond donors (Lipinski definition) is 0. The Hall–Kier alpha value is -1.45. The van der Waals surface area contributed by atoms with Gasteiger partial charge in [-0.05, 0) is 6.92 Å². The topological polar surface area (TPSA) is 52.1 Å². The predicted octanol–water partition coefficient (Wildman–Crippen LogP) is 1.81. The molecule has 4 heteroatoms. The van der Waals surface area contributed by atoms with E-state index in [0.717, 1.165) is 0 Å². The minimum absolute atomic E-state index is 0.231. The number of aldehydes is 1.